The summed E-state index contributed by atoms with van der Waals surface area (Å²) in [5.74, 6) is 0. The molecule has 0 fully saturated rings. The van der Waals surface area contributed by atoms with Crippen LogP contribution in [0.1, 0.15) is 1.43 Å². The van der Waals surface area contributed by atoms with Gasteiger partial charge in [0.05, 0.1) is 0 Å². The second-order valence-corrected chi connectivity index (χ2v) is 24.5. The Morgan fingerprint density at radius 1 is 1.00 bits per heavy atom. The van der Waals surface area contributed by atoms with Gasteiger partial charge in [-0.25, -0.2) is 0 Å². The molecule has 5 heteroatoms. The topological polar surface area (TPSA) is 34.1 Å². The van der Waals surface area contributed by atoms with Crippen LogP contribution in [0.3, 0.4) is 0 Å². The smallest absolute Gasteiger partial charge is 1.00 e. The van der Waals surface area contributed by atoms with Crippen molar-refractivity contribution in [3.05, 3.63) is 0 Å². The molecule has 0 saturated carbocycles. The SMILES string of the molecule is C[P](C)(=O)[Sc][P](C)(C)=O.[H-]. The first kappa shape index (κ1) is 10.3. The largest absolute Gasteiger partial charge is 1.00 e. The van der Waals surface area contributed by atoms with Crippen LogP contribution in [0, 0.1) is 0 Å². The molecule has 0 aliphatic heterocycles. The summed E-state index contributed by atoms with van der Waals surface area (Å²) < 4.78 is 18.5. The number of hydrogen-bond acceptors (Lipinski definition) is 2. The Morgan fingerprint density at radius 3 is 1.22 bits per heavy atom. The Kier molecular flexibility index (Phi) is 3.62. The first-order valence-electron chi connectivity index (χ1n) is 2.67. The van der Waals surface area contributed by atoms with E-state index in [2.05, 4.69) is 0 Å². The van der Waals surface area contributed by atoms with Crippen LogP contribution < -0.4 is 0 Å². The van der Waals surface area contributed by atoms with E-state index in [1.54, 1.807) is 26.7 Å². The Morgan fingerprint density at radius 2 is 1.22 bits per heavy atom. The van der Waals surface area contributed by atoms with Crippen LogP contribution in [0.4, 0.5) is 0 Å². The van der Waals surface area contributed by atoms with Crippen LogP contribution in [0.2, 0.25) is 0 Å². The molecule has 0 unspecified atom stereocenters. The molecule has 0 spiro atoms. The third-order valence-electron chi connectivity index (χ3n) is 0.556. The second kappa shape index (κ2) is 3.15. The molecule has 9 heavy (non-hydrogen) atoms. The molecule has 0 saturated heterocycles. The van der Waals surface area contributed by atoms with E-state index in [1.165, 1.54) is 0 Å². The third-order valence-corrected chi connectivity index (χ3v) is 20.6. The van der Waals surface area contributed by atoms with Crippen LogP contribution in [0.15, 0.2) is 0 Å². The quantitative estimate of drug-likeness (QED) is 0.640. The Hall–Kier alpha value is 1.33. The maximum absolute atomic E-state index is 11.1. The van der Waals surface area contributed by atoms with Gasteiger partial charge in [-0.2, -0.15) is 0 Å². The Labute approximate surface area is 67.9 Å². The van der Waals surface area contributed by atoms with Crippen LogP contribution in [0.5, 0.6) is 0 Å². The van der Waals surface area contributed by atoms with Crippen LogP contribution >= 0.6 is 8.98 Å². The summed E-state index contributed by atoms with van der Waals surface area (Å²) in [6, 6.07) is 0. The molecule has 55 valence electrons. The van der Waals surface area contributed by atoms with E-state index in [9.17, 15) is 9.13 Å². The molecule has 0 aromatic rings. The predicted molar refractivity (Wildman–Crippen MR) is 40.0 cm³/mol. The first-order valence-corrected chi connectivity index (χ1v) is 12.8. The van der Waals surface area contributed by atoms with E-state index in [0.29, 0.717) is 0 Å². The summed E-state index contributed by atoms with van der Waals surface area (Å²) in [7, 11) is 0. The van der Waals surface area contributed by atoms with Gasteiger partial charge in [-0.1, -0.05) is 0 Å². The van der Waals surface area contributed by atoms with Crippen molar-refractivity contribution in [3.8, 4) is 0 Å². The summed E-state index contributed by atoms with van der Waals surface area (Å²) in [4.78, 5) is 0. The number of hydrogen-bond donors (Lipinski definition) is 0. The molecule has 0 atom stereocenters. The minimum absolute atomic E-state index is 0. The number of rotatable bonds is 2. The van der Waals surface area contributed by atoms with E-state index in [1.807, 2.05) is 0 Å². The van der Waals surface area contributed by atoms with Gasteiger partial charge in [0.25, 0.3) is 0 Å². The molecule has 2 nitrogen and oxygen atoms in total. The molecular formula is C4H13O2P2Sc-. The van der Waals surface area contributed by atoms with Crippen molar-refractivity contribution in [2.75, 3.05) is 26.7 Å². The fourth-order valence-electron chi connectivity index (χ4n) is 0.670. The van der Waals surface area contributed by atoms with Gasteiger partial charge in [0.1, 0.15) is 0 Å². The molecule has 0 aliphatic rings. The van der Waals surface area contributed by atoms with E-state index in [4.69, 9.17) is 0 Å². The molecule has 0 aromatic carbocycles. The van der Waals surface area contributed by atoms with Crippen LogP contribution in [-0.4, -0.2) is 26.7 Å². The summed E-state index contributed by atoms with van der Waals surface area (Å²) in [6.07, 6.45) is 0. The Balaban J connectivity index is 0. The van der Waals surface area contributed by atoms with Crippen molar-refractivity contribution < 1.29 is 32.3 Å². The van der Waals surface area contributed by atoms with Gasteiger partial charge in [0.15, 0.2) is 0 Å². The van der Waals surface area contributed by atoms with Crippen molar-refractivity contribution in [1.82, 2.24) is 0 Å². The maximum atomic E-state index is 11.1. The molecule has 0 radical (unpaired) electrons. The van der Waals surface area contributed by atoms with E-state index in [-0.39, 0.29) is 1.43 Å². The minimum atomic E-state index is -1.89. The molecule has 0 N–H and O–H groups in total. The van der Waals surface area contributed by atoms with Gasteiger partial charge in [-0.3, -0.25) is 0 Å². The van der Waals surface area contributed by atoms with E-state index in [0.717, 1.165) is 0 Å². The predicted octanol–water partition coefficient (Wildman–Crippen LogP) is 2.26. The van der Waals surface area contributed by atoms with Crippen LogP contribution in [0.25, 0.3) is 0 Å². The zero-order chi connectivity index (χ0) is 7.71. The van der Waals surface area contributed by atoms with Gasteiger partial charge >= 0.3 is 66.5 Å². The van der Waals surface area contributed by atoms with Gasteiger partial charge in [-0.05, 0) is 0 Å². The molecule has 0 aliphatic carbocycles. The summed E-state index contributed by atoms with van der Waals surface area (Å²) in [6.45, 7) is 6.97. The van der Waals surface area contributed by atoms with Gasteiger partial charge in [-0.15, -0.1) is 0 Å². The van der Waals surface area contributed by atoms with Crippen molar-refractivity contribution >= 4 is 8.98 Å². The van der Waals surface area contributed by atoms with Gasteiger partial charge < -0.3 is 1.43 Å². The first-order chi connectivity index (χ1) is 3.71. The molecular weight excluding hydrogens is 187 g/mol. The van der Waals surface area contributed by atoms with Gasteiger partial charge in [0, 0.05) is 0 Å². The average Bonchev–Trinajstić information content (AvgIpc) is 1.14. The average molecular weight is 200 g/mol. The van der Waals surface area contributed by atoms with Gasteiger partial charge in [0.2, 0.25) is 0 Å². The van der Waals surface area contributed by atoms with Crippen molar-refractivity contribution in [1.29, 1.82) is 0 Å². The monoisotopic (exact) mass is 200 g/mol. The van der Waals surface area contributed by atoms with E-state index >= 15 is 0 Å². The molecule has 0 rings (SSSR count). The molecule has 0 heterocycles. The van der Waals surface area contributed by atoms with Crippen LogP contribution in [-0.2, 0) is 30.9 Å². The fourth-order valence-corrected chi connectivity index (χ4v) is 24.9. The third kappa shape index (κ3) is 9.33. The minimum Gasteiger partial charge on any atom is -1.00 e. The standard InChI is InChI=1S/2C2H6OP.Sc.H/c2*1-4(2)3;;/h2*1-2H3;;/q2*+1;-2;-1. The van der Waals surface area contributed by atoms with Crippen molar-refractivity contribution in [3.63, 3.8) is 0 Å². The maximum Gasteiger partial charge on any atom is -1.00 e. The molecule has 0 aromatic heterocycles. The van der Waals surface area contributed by atoms with E-state index < -0.39 is 30.7 Å². The molecule has 0 bridgehead atoms. The summed E-state index contributed by atoms with van der Waals surface area (Å²) in [5, 5.41) is 0. The normalized spacial score (nSPS) is 12.9. The molecule has 0 amide bonds. The summed E-state index contributed by atoms with van der Waals surface area (Å²) >= 11 is -0.951. The Bertz CT molecular complexity index is 162. The van der Waals surface area contributed by atoms with Crippen molar-refractivity contribution in [2.45, 2.75) is 0 Å². The van der Waals surface area contributed by atoms with Crippen molar-refractivity contribution in [2.24, 2.45) is 0 Å². The summed E-state index contributed by atoms with van der Waals surface area (Å²) in [5.41, 5.74) is 0. The zero-order valence-electron chi connectivity index (χ0n) is 7.29. The zero-order valence-corrected chi connectivity index (χ0v) is 9.88. The second-order valence-electron chi connectivity index (χ2n) is 2.98. The fraction of sp³-hybridized carbons (Fsp3) is 1.00.